The lowest BCUT2D eigenvalue weighted by atomic mass is 9.89. The normalized spacial score (nSPS) is 11.6. The van der Waals surface area contributed by atoms with Crippen LogP contribution in [0.4, 0.5) is 0 Å². The fraction of sp³-hybridized carbons (Fsp3) is 0.333. The van der Waals surface area contributed by atoms with Crippen LogP contribution in [0.5, 0.6) is 0 Å². The highest BCUT2D eigenvalue weighted by Crippen LogP contribution is 2.20. The average molecular weight is 148 g/mol. The molecule has 0 N–H and O–H groups in total. The van der Waals surface area contributed by atoms with E-state index in [0.717, 1.165) is 0 Å². The first-order valence-electron chi connectivity index (χ1n) is 3.03. The molecule has 0 amide bonds. The van der Waals surface area contributed by atoms with E-state index in [-0.39, 0.29) is 18.4 Å². The molecular weight excluding hydrogens is 136 g/mol. The van der Waals surface area contributed by atoms with Gasteiger partial charge in [0.05, 0.1) is 0 Å². The predicted octanol–water partition coefficient (Wildman–Crippen LogP) is 2.04. The van der Waals surface area contributed by atoms with Gasteiger partial charge in [-0.15, -0.1) is 0 Å². The van der Waals surface area contributed by atoms with Gasteiger partial charge in [-0.25, -0.2) is 0 Å². The molecule has 4 radical (unpaired) electrons. The van der Waals surface area contributed by atoms with Crippen molar-refractivity contribution < 1.29 is 0 Å². The molecule has 0 bridgehead atoms. The predicted molar refractivity (Wildman–Crippen MR) is 46.3 cm³/mol. The molecule has 52 valence electrons. The Bertz CT molecular complexity index is 183. The molecule has 0 saturated carbocycles. The lowest BCUT2D eigenvalue weighted by Gasteiger charge is -2.16. The first kappa shape index (κ1) is 9.44. The van der Waals surface area contributed by atoms with E-state index in [4.69, 9.17) is 0 Å². The van der Waals surface area contributed by atoms with E-state index in [1.807, 2.05) is 0 Å². The van der Waals surface area contributed by atoms with E-state index in [9.17, 15) is 0 Å². The molecule has 0 heterocycles. The van der Waals surface area contributed by atoms with Gasteiger partial charge in [0, 0.05) is 11.0 Å². The minimum absolute atomic E-state index is 0. The van der Waals surface area contributed by atoms with Gasteiger partial charge < -0.3 is 0 Å². The number of hydrogen-bond donors (Lipinski definition) is 0. The summed E-state index contributed by atoms with van der Waals surface area (Å²) in [4.78, 5) is 0. The SMILES string of the molecule is C.[Si].c1ccc2c(c1)CC2. The minimum atomic E-state index is 0. The highest BCUT2D eigenvalue weighted by molar-refractivity contribution is 5.75. The molecule has 0 unspecified atom stereocenters. The number of rotatable bonds is 0. The second kappa shape index (κ2) is 3.57. The van der Waals surface area contributed by atoms with Crippen LogP contribution in [0.25, 0.3) is 0 Å². The van der Waals surface area contributed by atoms with Crippen molar-refractivity contribution in [2.45, 2.75) is 20.3 Å². The Morgan fingerprint density at radius 3 is 1.50 bits per heavy atom. The highest BCUT2D eigenvalue weighted by atomic mass is 28.1. The van der Waals surface area contributed by atoms with Crippen LogP contribution in [0, 0.1) is 0 Å². The van der Waals surface area contributed by atoms with Gasteiger partial charge in [0.15, 0.2) is 0 Å². The van der Waals surface area contributed by atoms with Crippen LogP contribution in [-0.4, -0.2) is 11.0 Å². The van der Waals surface area contributed by atoms with E-state index < -0.39 is 0 Å². The fourth-order valence-electron chi connectivity index (χ4n) is 1.14. The van der Waals surface area contributed by atoms with Crippen LogP contribution >= 0.6 is 0 Å². The van der Waals surface area contributed by atoms with Crippen molar-refractivity contribution in [2.24, 2.45) is 0 Å². The minimum Gasteiger partial charge on any atom is -0.0776 e. The molecule has 0 aliphatic heterocycles. The van der Waals surface area contributed by atoms with Crippen LogP contribution in [0.3, 0.4) is 0 Å². The van der Waals surface area contributed by atoms with Gasteiger partial charge in [0.25, 0.3) is 0 Å². The zero-order chi connectivity index (χ0) is 5.40. The third-order valence-electron chi connectivity index (χ3n) is 1.78. The van der Waals surface area contributed by atoms with Crippen molar-refractivity contribution >= 4 is 11.0 Å². The maximum absolute atomic E-state index is 2.21. The molecule has 0 atom stereocenters. The molecule has 0 spiro atoms. The summed E-state index contributed by atoms with van der Waals surface area (Å²) in [6, 6.07) is 8.63. The zero-order valence-electron chi connectivity index (χ0n) is 5.22. The summed E-state index contributed by atoms with van der Waals surface area (Å²) < 4.78 is 0. The van der Waals surface area contributed by atoms with Gasteiger partial charge in [0.2, 0.25) is 0 Å². The molecular formula is C9H12Si. The fourth-order valence-corrected chi connectivity index (χ4v) is 1.14. The van der Waals surface area contributed by atoms with Crippen LogP contribution in [0.15, 0.2) is 24.3 Å². The molecule has 0 nitrogen and oxygen atoms in total. The average Bonchev–Trinajstić information content (AvgIpc) is 1.72. The molecule has 2 rings (SSSR count). The highest BCUT2D eigenvalue weighted by Gasteiger charge is 2.09. The summed E-state index contributed by atoms with van der Waals surface area (Å²) in [5.41, 5.74) is 3.10. The third kappa shape index (κ3) is 1.29. The van der Waals surface area contributed by atoms with Crippen molar-refractivity contribution in [1.29, 1.82) is 0 Å². The number of benzene rings is 1. The Balaban J connectivity index is 0.000000405. The van der Waals surface area contributed by atoms with Crippen molar-refractivity contribution in [3.8, 4) is 0 Å². The van der Waals surface area contributed by atoms with Crippen LogP contribution < -0.4 is 0 Å². The quantitative estimate of drug-likeness (QED) is 0.494. The van der Waals surface area contributed by atoms with Gasteiger partial charge in [-0.3, -0.25) is 0 Å². The molecule has 0 aromatic heterocycles. The number of fused-ring (bicyclic) bond motifs is 1. The lowest BCUT2D eigenvalue weighted by Crippen LogP contribution is -2.06. The first-order chi connectivity index (χ1) is 3.97. The maximum Gasteiger partial charge on any atom is 0 e. The van der Waals surface area contributed by atoms with Gasteiger partial charge >= 0.3 is 0 Å². The van der Waals surface area contributed by atoms with E-state index in [2.05, 4.69) is 24.3 Å². The van der Waals surface area contributed by atoms with Gasteiger partial charge in [-0.05, 0) is 24.0 Å². The second-order valence-electron chi connectivity index (χ2n) is 2.27. The Hall–Kier alpha value is -0.563. The van der Waals surface area contributed by atoms with Crippen LogP contribution in [0.2, 0.25) is 0 Å². The standard InChI is InChI=1S/C8H8.CH4.Si/c1-2-4-8-6-5-7(8)3-1;;/h1-4H,5-6H2;1H4;. The molecule has 1 aromatic carbocycles. The summed E-state index contributed by atoms with van der Waals surface area (Å²) in [5.74, 6) is 0. The summed E-state index contributed by atoms with van der Waals surface area (Å²) in [5, 5.41) is 0. The molecule has 0 saturated heterocycles. The second-order valence-corrected chi connectivity index (χ2v) is 2.27. The molecule has 10 heavy (non-hydrogen) atoms. The molecule has 1 aliphatic carbocycles. The van der Waals surface area contributed by atoms with E-state index in [1.54, 1.807) is 11.1 Å². The summed E-state index contributed by atoms with van der Waals surface area (Å²) >= 11 is 0. The van der Waals surface area contributed by atoms with E-state index >= 15 is 0 Å². The monoisotopic (exact) mass is 148 g/mol. The Morgan fingerprint density at radius 1 is 0.900 bits per heavy atom. The molecule has 1 aliphatic rings. The van der Waals surface area contributed by atoms with Crippen LogP contribution in [0.1, 0.15) is 18.6 Å². The van der Waals surface area contributed by atoms with Crippen molar-refractivity contribution in [3.05, 3.63) is 35.4 Å². The third-order valence-corrected chi connectivity index (χ3v) is 1.78. The smallest absolute Gasteiger partial charge is 0 e. The van der Waals surface area contributed by atoms with E-state index in [1.165, 1.54) is 12.8 Å². The van der Waals surface area contributed by atoms with Crippen molar-refractivity contribution in [1.82, 2.24) is 0 Å². The largest absolute Gasteiger partial charge is 0.0776 e. The van der Waals surface area contributed by atoms with Crippen molar-refractivity contribution in [3.63, 3.8) is 0 Å². The lowest BCUT2D eigenvalue weighted by molar-refractivity contribution is 0.839. The van der Waals surface area contributed by atoms with Gasteiger partial charge in [-0.1, -0.05) is 31.7 Å². The Morgan fingerprint density at radius 2 is 1.30 bits per heavy atom. The number of hydrogen-bond acceptors (Lipinski definition) is 0. The topological polar surface area (TPSA) is 0 Å². The van der Waals surface area contributed by atoms with Gasteiger partial charge in [0.1, 0.15) is 0 Å². The maximum atomic E-state index is 2.21. The molecule has 0 fully saturated rings. The summed E-state index contributed by atoms with van der Waals surface area (Å²) in [7, 11) is 0. The molecule has 1 heteroatoms. The van der Waals surface area contributed by atoms with Crippen LogP contribution in [-0.2, 0) is 12.8 Å². The molecule has 1 aromatic rings. The summed E-state index contributed by atoms with van der Waals surface area (Å²) in [6.45, 7) is 0. The Labute approximate surface area is 67.3 Å². The van der Waals surface area contributed by atoms with E-state index in [0.29, 0.717) is 0 Å². The Kier molecular flexibility index (Phi) is 3.37. The summed E-state index contributed by atoms with van der Waals surface area (Å²) in [6.07, 6.45) is 2.60. The first-order valence-corrected chi connectivity index (χ1v) is 3.03. The van der Waals surface area contributed by atoms with Crippen molar-refractivity contribution in [2.75, 3.05) is 0 Å². The zero-order valence-corrected chi connectivity index (χ0v) is 6.22. The van der Waals surface area contributed by atoms with Gasteiger partial charge in [-0.2, -0.15) is 0 Å². The number of aryl methyl sites for hydroxylation is 2.